The topological polar surface area (TPSA) is 96.6 Å². The van der Waals surface area contributed by atoms with Gasteiger partial charge in [-0.05, 0) is 25.1 Å². The Hall–Kier alpha value is -2.19. The highest BCUT2D eigenvalue weighted by Crippen LogP contribution is 2.27. The van der Waals surface area contributed by atoms with Crippen LogP contribution in [0.3, 0.4) is 0 Å². The summed E-state index contributed by atoms with van der Waals surface area (Å²) in [6.07, 6.45) is 1.34. The molecule has 0 bridgehead atoms. The second-order valence-electron chi connectivity index (χ2n) is 4.41. The van der Waals surface area contributed by atoms with Crippen molar-refractivity contribution in [3.05, 3.63) is 35.6 Å². The molecule has 112 valence electrons. The Morgan fingerprint density at radius 3 is 2.95 bits per heavy atom. The van der Waals surface area contributed by atoms with Crippen LogP contribution < -0.4 is 5.11 Å². The van der Waals surface area contributed by atoms with E-state index in [1.54, 1.807) is 18.2 Å². The van der Waals surface area contributed by atoms with Crippen LogP contribution in [0.25, 0.3) is 16.9 Å². The van der Waals surface area contributed by atoms with Gasteiger partial charge in [-0.25, -0.2) is 9.97 Å². The minimum atomic E-state index is -1.17. The smallest absolute Gasteiger partial charge is 0.187 e. The van der Waals surface area contributed by atoms with Crippen LogP contribution in [0.5, 0.6) is 0 Å². The predicted octanol–water partition coefficient (Wildman–Crippen LogP) is 1.09. The molecule has 22 heavy (non-hydrogen) atoms. The molecular formula is C13H9ClN5O2S-. The van der Waals surface area contributed by atoms with Crippen molar-refractivity contribution in [1.82, 2.24) is 25.0 Å². The fourth-order valence-corrected chi connectivity index (χ4v) is 2.78. The average Bonchev–Trinajstić information content (AvgIpc) is 2.92. The molecule has 0 saturated carbocycles. The number of carbonyl (C=O) groups is 1. The molecule has 1 aromatic carbocycles. The van der Waals surface area contributed by atoms with Crippen molar-refractivity contribution < 1.29 is 9.90 Å². The maximum Gasteiger partial charge on any atom is 0.187 e. The van der Waals surface area contributed by atoms with Gasteiger partial charge in [0, 0.05) is 10.3 Å². The Morgan fingerprint density at radius 2 is 2.23 bits per heavy atom. The van der Waals surface area contributed by atoms with Crippen molar-refractivity contribution >= 4 is 40.5 Å². The first-order valence-corrected chi connectivity index (χ1v) is 7.52. The molecule has 2 heterocycles. The number of nitrogens with zero attached hydrogens (tertiary/aromatic N) is 5. The third kappa shape index (κ3) is 2.75. The Labute approximate surface area is 134 Å². The molecule has 0 aliphatic carbocycles. The fraction of sp³-hybridized carbons (Fsp3) is 0.154. The number of carboxylic acid groups (broad SMARTS) is 1. The summed E-state index contributed by atoms with van der Waals surface area (Å²) in [6, 6.07) is 7.09. The summed E-state index contributed by atoms with van der Waals surface area (Å²) in [4.78, 5) is 19.1. The van der Waals surface area contributed by atoms with Gasteiger partial charge in [0.15, 0.2) is 11.2 Å². The normalized spacial score (nSPS) is 12.5. The summed E-state index contributed by atoms with van der Waals surface area (Å²) in [7, 11) is 0. The van der Waals surface area contributed by atoms with E-state index in [1.807, 2.05) is 6.07 Å². The van der Waals surface area contributed by atoms with E-state index in [1.165, 1.54) is 17.9 Å². The van der Waals surface area contributed by atoms with Gasteiger partial charge in [-0.2, -0.15) is 4.68 Å². The lowest BCUT2D eigenvalue weighted by Crippen LogP contribution is -2.31. The molecule has 0 spiro atoms. The van der Waals surface area contributed by atoms with Crippen molar-refractivity contribution in [2.75, 3.05) is 0 Å². The van der Waals surface area contributed by atoms with Gasteiger partial charge in [0.25, 0.3) is 0 Å². The van der Waals surface area contributed by atoms with Gasteiger partial charge in [0.1, 0.15) is 11.4 Å². The number of thioether (sulfide) groups is 1. The molecule has 0 saturated heterocycles. The van der Waals surface area contributed by atoms with E-state index in [0.29, 0.717) is 26.9 Å². The molecule has 0 N–H and O–H groups in total. The number of benzene rings is 1. The molecule has 0 aliphatic rings. The van der Waals surface area contributed by atoms with Crippen LogP contribution in [0.15, 0.2) is 35.6 Å². The standard InChI is InChI=1S/C13H10ClN5O2S/c1-7(13(20)21)22-12-10-11(15-6-16-12)19(18-17-10)9-4-2-3-8(14)5-9/h2-7H,1H3,(H,20,21)/p-1/t7-/m1/s1. The maximum absolute atomic E-state index is 10.9. The van der Waals surface area contributed by atoms with Crippen molar-refractivity contribution in [3.63, 3.8) is 0 Å². The van der Waals surface area contributed by atoms with Crippen LogP contribution in [0, 0.1) is 0 Å². The van der Waals surface area contributed by atoms with Gasteiger partial charge in [-0.1, -0.05) is 34.6 Å². The summed E-state index contributed by atoms with van der Waals surface area (Å²) in [6.45, 7) is 1.52. The van der Waals surface area contributed by atoms with Gasteiger partial charge in [0.05, 0.1) is 11.7 Å². The zero-order valence-electron chi connectivity index (χ0n) is 11.3. The maximum atomic E-state index is 10.9. The van der Waals surface area contributed by atoms with Gasteiger partial charge < -0.3 is 9.90 Å². The first-order valence-electron chi connectivity index (χ1n) is 6.26. The van der Waals surface area contributed by atoms with E-state index < -0.39 is 11.2 Å². The second kappa shape index (κ2) is 5.90. The highest BCUT2D eigenvalue weighted by Gasteiger charge is 2.16. The monoisotopic (exact) mass is 334 g/mol. The zero-order chi connectivity index (χ0) is 15.7. The number of aliphatic carboxylic acids is 1. The molecule has 0 unspecified atom stereocenters. The van der Waals surface area contributed by atoms with E-state index in [-0.39, 0.29) is 0 Å². The Morgan fingerprint density at radius 1 is 1.41 bits per heavy atom. The van der Waals surface area contributed by atoms with Crippen LogP contribution >= 0.6 is 23.4 Å². The van der Waals surface area contributed by atoms with Crippen LogP contribution in [-0.4, -0.2) is 36.2 Å². The SMILES string of the molecule is C[C@@H](Sc1ncnc2c1nnn2-c1cccc(Cl)c1)C(=O)[O-]. The van der Waals surface area contributed by atoms with Gasteiger partial charge in [-0.15, -0.1) is 5.10 Å². The molecule has 3 aromatic rings. The van der Waals surface area contributed by atoms with E-state index >= 15 is 0 Å². The molecule has 0 radical (unpaired) electrons. The Balaban J connectivity index is 2.07. The average molecular weight is 335 g/mol. The fourth-order valence-electron chi connectivity index (χ4n) is 1.81. The molecule has 0 aliphatic heterocycles. The zero-order valence-corrected chi connectivity index (χ0v) is 12.9. The summed E-state index contributed by atoms with van der Waals surface area (Å²) < 4.78 is 1.52. The quantitative estimate of drug-likeness (QED) is 0.520. The van der Waals surface area contributed by atoms with Gasteiger partial charge in [-0.3, -0.25) is 0 Å². The lowest BCUT2D eigenvalue weighted by molar-refractivity contribution is -0.304. The summed E-state index contributed by atoms with van der Waals surface area (Å²) in [5.74, 6) is -1.17. The number of aromatic nitrogens is 5. The third-order valence-corrected chi connectivity index (χ3v) is 4.18. The van der Waals surface area contributed by atoms with Gasteiger partial charge >= 0.3 is 0 Å². The molecule has 3 rings (SSSR count). The number of hydrogen-bond donors (Lipinski definition) is 0. The van der Waals surface area contributed by atoms with Crippen LogP contribution in [0.2, 0.25) is 5.02 Å². The van der Waals surface area contributed by atoms with Crippen molar-refractivity contribution in [2.24, 2.45) is 0 Å². The number of carboxylic acids is 1. The van der Waals surface area contributed by atoms with E-state index in [0.717, 1.165) is 11.8 Å². The number of carbonyl (C=O) groups excluding carboxylic acids is 1. The predicted molar refractivity (Wildman–Crippen MR) is 79.8 cm³/mol. The summed E-state index contributed by atoms with van der Waals surface area (Å²) in [5, 5.41) is 19.2. The number of fused-ring (bicyclic) bond motifs is 1. The van der Waals surface area contributed by atoms with Crippen molar-refractivity contribution in [3.8, 4) is 5.69 Å². The summed E-state index contributed by atoms with van der Waals surface area (Å²) in [5.41, 5.74) is 1.61. The first-order chi connectivity index (χ1) is 10.6. The van der Waals surface area contributed by atoms with E-state index in [2.05, 4.69) is 20.3 Å². The molecule has 1 atom stereocenters. The molecule has 9 heteroatoms. The van der Waals surface area contributed by atoms with E-state index in [4.69, 9.17) is 11.6 Å². The number of hydrogen-bond acceptors (Lipinski definition) is 7. The Kier molecular flexibility index (Phi) is 3.95. The Bertz CT molecular complexity index is 853. The largest absolute Gasteiger partial charge is 0.549 e. The molecule has 0 amide bonds. The third-order valence-electron chi connectivity index (χ3n) is 2.88. The first kappa shape index (κ1) is 14.7. The minimum Gasteiger partial charge on any atom is -0.549 e. The van der Waals surface area contributed by atoms with Crippen LogP contribution in [0.4, 0.5) is 0 Å². The van der Waals surface area contributed by atoms with Crippen LogP contribution in [-0.2, 0) is 4.79 Å². The number of rotatable bonds is 4. The van der Waals surface area contributed by atoms with Crippen LogP contribution in [0.1, 0.15) is 6.92 Å². The molecule has 0 fully saturated rings. The second-order valence-corrected chi connectivity index (χ2v) is 6.18. The van der Waals surface area contributed by atoms with Crippen molar-refractivity contribution in [2.45, 2.75) is 17.2 Å². The lowest BCUT2D eigenvalue weighted by Gasteiger charge is -2.10. The lowest BCUT2D eigenvalue weighted by atomic mass is 10.3. The highest BCUT2D eigenvalue weighted by atomic mass is 35.5. The van der Waals surface area contributed by atoms with Crippen molar-refractivity contribution in [1.29, 1.82) is 0 Å². The summed E-state index contributed by atoms with van der Waals surface area (Å²) >= 11 is 7.02. The number of halogens is 1. The van der Waals surface area contributed by atoms with E-state index in [9.17, 15) is 9.90 Å². The highest BCUT2D eigenvalue weighted by molar-refractivity contribution is 8.00. The molecule has 2 aromatic heterocycles. The molecule has 7 nitrogen and oxygen atoms in total. The minimum absolute atomic E-state index is 0.431. The molecular weight excluding hydrogens is 326 g/mol. The van der Waals surface area contributed by atoms with Gasteiger partial charge in [0.2, 0.25) is 0 Å².